The van der Waals surface area contributed by atoms with E-state index in [1.165, 1.54) is 0 Å². The molecule has 1 N–H and O–H groups in total. The Balaban J connectivity index is 2.10. The standard InChI is InChI=1S/C17H13ClO4/c1-9(17(20)21)10-2-5-15-14(7-10)16(19)13-4-3-12(18)6-11(13)8-22-15/h2-7,9H,8H2,1H3,(H,20,21)/t9-/m1/s1. The van der Waals surface area contributed by atoms with Crippen molar-refractivity contribution in [2.75, 3.05) is 0 Å². The fraction of sp³-hybridized carbons (Fsp3) is 0.176. The molecule has 0 unspecified atom stereocenters. The molecule has 1 atom stereocenters. The van der Waals surface area contributed by atoms with Gasteiger partial charge in [-0.25, -0.2) is 0 Å². The van der Waals surface area contributed by atoms with Crippen molar-refractivity contribution in [1.82, 2.24) is 0 Å². The molecule has 2 aromatic rings. The second-order valence-corrected chi connectivity index (χ2v) is 5.67. The Kier molecular flexibility index (Phi) is 3.62. The normalized spacial score (nSPS) is 14.4. The molecular formula is C17H13ClO4. The Bertz CT molecular complexity index is 782. The van der Waals surface area contributed by atoms with E-state index >= 15 is 0 Å². The summed E-state index contributed by atoms with van der Waals surface area (Å²) in [6, 6.07) is 9.96. The molecule has 112 valence electrons. The minimum atomic E-state index is -0.936. The first-order valence-corrected chi connectivity index (χ1v) is 7.18. The Morgan fingerprint density at radius 1 is 1.23 bits per heavy atom. The lowest BCUT2D eigenvalue weighted by molar-refractivity contribution is -0.138. The largest absolute Gasteiger partial charge is 0.488 e. The molecule has 0 amide bonds. The van der Waals surface area contributed by atoms with Crippen LogP contribution in [0.4, 0.5) is 0 Å². The van der Waals surface area contributed by atoms with E-state index in [2.05, 4.69) is 0 Å². The zero-order chi connectivity index (χ0) is 15.9. The van der Waals surface area contributed by atoms with Crippen LogP contribution in [0, 0.1) is 0 Å². The third-order valence-corrected chi connectivity index (χ3v) is 4.05. The number of carbonyl (C=O) groups is 2. The second-order valence-electron chi connectivity index (χ2n) is 5.23. The SMILES string of the molecule is C[C@@H](C(=O)O)c1ccc2c(c1)C(=O)c1ccc(Cl)cc1CO2. The summed E-state index contributed by atoms with van der Waals surface area (Å²) in [6.45, 7) is 1.84. The summed E-state index contributed by atoms with van der Waals surface area (Å²) >= 11 is 5.96. The number of carboxylic acid groups (broad SMARTS) is 1. The number of ketones is 1. The molecule has 4 nitrogen and oxygen atoms in total. The van der Waals surface area contributed by atoms with Gasteiger partial charge >= 0.3 is 5.97 Å². The number of hydrogen-bond acceptors (Lipinski definition) is 3. The van der Waals surface area contributed by atoms with Gasteiger partial charge in [0.1, 0.15) is 12.4 Å². The van der Waals surface area contributed by atoms with Crippen LogP contribution in [-0.4, -0.2) is 16.9 Å². The maximum absolute atomic E-state index is 12.7. The molecule has 1 aliphatic rings. The van der Waals surface area contributed by atoms with Crippen LogP contribution in [0.25, 0.3) is 0 Å². The highest BCUT2D eigenvalue weighted by Crippen LogP contribution is 2.32. The quantitative estimate of drug-likeness (QED) is 0.918. The number of ether oxygens (including phenoxy) is 1. The van der Waals surface area contributed by atoms with Gasteiger partial charge in [0, 0.05) is 16.1 Å². The summed E-state index contributed by atoms with van der Waals surface area (Å²) in [5.41, 5.74) is 2.21. The summed E-state index contributed by atoms with van der Waals surface area (Å²) in [6.07, 6.45) is 0. The van der Waals surface area contributed by atoms with Gasteiger partial charge in [-0.05, 0) is 42.8 Å². The van der Waals surface area contributed by atoms with Gasteiger partial charge in [0.05, 0.1) is 11.5 Å². The van der Waals surface area contributed by atoms with Crippen LogP contribution in [-0.2, 0) is 11.4 Å². The van der Waals surface area contributed by atoms with E-state index in [1.54, 1.807) is 43.3 Å². The van der Waals surface area contributed by atoms with E-state index < -0.39 is 11.9 Å². The molecule has 0 aromatic heterocycles. The molecular weight excluding hydrogens is 304 g/mol. The second kappa shape index (κ2) is 5.46. The van der Waals surface area contributed by atoms with Gasteiger partial charge in [-0.15, -0.1) is 0 Å². The van der Waals surface area contributed by atoms with E-state index in [9.17, 15) is 9.59 Å². The summed E-state index contributed by atoms with van der Waals surface area (Å²) in [7, 11) is 0. The number of carboxylic acids is 1. The molecule has 2 aromatic carbocycles. The van der Waals surface area contributed by atoms with Crippen molar-refractivity contribution in [2.45, 2.75) is 19.4 Å². The number of rotatable bonds is 2. The minimum Gasteiger partial charge on any atom is -0.488 e. The Morgan fingerprint density at radius 3 is 2.73 bits per heavy atom. The number of fused-ring (bicyclic) bond motifs is 2. The maximum atomic E-state index is 12.7. The van der Waals surface area contributed by atoms with Crippen LogP contribution in [0.1, 0.15) is 39.9 Å². The minimum absolute atomic E-state index is 0.182. The average Bonchev–Trinajstić information content (AvgIpc) is 2.63. The topological polar surface area (TPSA) is 63.6 Å². The van der Waals surface area contributed by atoms with Gasteiger partial charge in [0.2, 0.25) is 0 Å². The third-order valence-electron chi connectivity index (χ3n) is 3.81. The van der Waals surface area contributed by atoms with Crippen molar-refractivity contribution in [2.24, 2.45) is 0 Å². The lowest BCUT2D eigenvalue weighted by Crippen LogP contribution is -2.09. The lowest BCUT2D eigenvalue weighted by atomic mass is 9.94. The van der Waals surface area contributed by atoms with Crippen LogP contribution < -0.4 is 4.74 Å². The molecule has 3 rings (SSSR count). The Morgan fingerprint density at radius 2 is 2.00 bits per heavy atom. The molecule has 5 heteroatoms. The summed E-state index contributed by atoms with van der Waals surface area (Å²) in [5, 5.41) is 9.66. The summed E-state index contributed by atoms with van der Waals surface area (Å²) in [4.78, 5) is 23.8. The summed E-state index contributed by atoms with van der Waals surface area (Å²) in [5.74, 6) is -1.35. The smallest absolute Gasteiger partial charge is 0.310 e. The molecule has 0 saturated carbocycles. The predicted molar refractivity (Wildman–Crippen MR) is 81.7 cm³/mol. The first-order valence-electron chi connectivity index (χ1n) is 6.80. The molecule has 0 fully saturated rings. The zero-order valence-electron chi connectivity index (χ0n) is 11.8. The zero-order valence-corrected chi connectivity index (χ0v) is 12.6. The lowest BCUT2D eigenvalue weighted by Gasteiger charge is -2.11. The average molecular weight is 317 g/mol. The first-order chi connectivity index (χ1) is 10.5. The van der Waals surface area contributed by atoms with Crippen molar-refractivity contribution in [3.63, 3.8) is 0 Å². The van der Waals surface area contributed by atoms with E-state index in [0.717, 1.165) is 5.56 Å². The van der Waals surface area contributed by atoms with Crippen molar-refractivity contribution >= 4 is 23.4 Å². The van der Waals surface area contributed by atoms with Gasteiger partial charge in [0.25, 0.3) is 0 Å². The van der Waals surface area contributed by atoms with Gasteiger partial charge in [0.15, 0.2) is 5.78 Å². The van der Waals surface area contributed by atoms with Crippen LogP contribution in [0.15, 0.2) is 36.4 Å². The number of benzene rings is 2. The number of halogens is 1. The molecule has 1 aliphatic heterocycles. The molecule has 0 aliphatic carbocycles. The predicted octanol–water partition coefficient (Wildman–Crippen LogP) is 3.65. The van der Waals surface area contributed by atoms with E-state index in [4.69, 9.17) is 21.4 Å². The van der Waals surface area contributed by atoms with Crippen molar-refractivity contribution in [3.05, 3.63) is 63.7 Å². The van der Waals surface area contributed by atoms with Gasteiger partial charge < -0.3 is 9.84 Å². The Hall–Kier alpha value is -2.33. The molecule has 0 radical (unpaired) electrons. The maximum Gasteiger partial charge on any atom is 0.310 e. The molecule has 0 spiro atoms. The highest BCUT2D eigenvalue weighted by atomic mass is 35.5. The molecule has 22 heavy (non-hydrogen) atoms. The highest BCUT2D eigenvalue weighted by Gasteiger charge is 2.24. The summed E-state index contributed by atoms with van der Waals surface area (Å²) < 4.78 is 5.67. The Labute approximate surface area is 132 Å². The van der Waals surface area contributed by atoms with Gasteiger partial charge in [-0.3, -0.25) is 9.59 Å². The van der Waals surface area contributed by atoms with Crippen molar-refractivity contribution < 1.29 is 19.4 Å². The highest BCUT2D eigenvalue weighted by molar-refractivity contribution is 6.30. The first kappa shape index (κ1) is 14.6. The van der Waals surface area contributed by atoms with Gasteiger partial charge in [-0.1, -0.05) is 17.7 Å². The van der Waals surface area contributed by atoms with Crippen LogP contribution >= 0.6 is 11.6 Å². The number of hydrogen-bond donors (Lipinski definition) is 1. The van der Waals surface area contributed by atoms with Crippen molar-refractivity contribution in [3.8, 4) is 5.75 Å². The van der Waals surface area contributed by atoms with E-state index in [1.807, 2.05) is 0 Å². The number of aliphatic carboxylic acids is 1. The fourth-order valence-electron chi connectivity index (χ4n) is 2.47. The van der Waals surface area contributed by atoms with Crippen LogP contribution in [0.5, 0.6) is 5.75 Å². The molecule has 0 saturated heterocycles. The van der Waals surface area contributed by atoms with Crippen LogP contribution in [0.3, 0.4) is 0 Å². The molecule has 0 bridgehead atoms. The van der Waals surface area contributed by atoms with Crippen molar-refractivity contribution in [1.29, 1.82) is 0 Å². The van der Waals surface area contributed by atoms with Crippen LogP contribution in [0.2, 0.25) is 5.02 Å². The fourth-order valence-corrected chi connectivity index (χ4v) is 2.66. The number of carbonyl (C=O) groups excluding carboxylic acids is 1. The van der Waals surface area contributed by atoms with Gasteiger partial charge in [-0.2, -0.15) is 0 Å². The molecule has 1 heterocycles. The van der Waals surface area contributed by atoms with E-state index in [0.29, 0.717) is 27.5 Å². The van der Waals surface area contributed by atoms with E-state index in [-0.39, 0.29) is 12.4 Å². The monoisotopic (exact) mass is 316 g/mol. The third kappa shape index (κ3) is 2.46.